The molecule has 0 saturated carbocycles. The highest BCUT2D eigenvalue weighted by Gasteiger charge is 2.37. The molecule has 0 aromatic carbocycles. The van der Waals surface area contributed by atoms with E-state index in [1.165, 1.54) is 23.1 Å². The fraction of sp³-hybridized carbons (Fsp3) is 0.222. The predicted octanol–water partition coefficient (Wildman–Crippen LogP) is 1.10. The maximum atomic E-state index is 12.9. The molecule has 0 spiro atoms. The molecule has 0 radical (unpaired) electrons. The van der Waals surface area contributed by atoms with Gasteiger partial charge < -0.3 is 4.90 Å². The van der Waals surface area contributed by atoms with Crippen molar-refractivity contribution in [3.8, 4) is 0 Å². The first-order chi connectivity index (χ1) is 12.6. The van der Waals surface area contributed by atoms with Crippen molar-refractivity contribution in [2.24, 2.45) is 12.0 Å². The van der Waals surface area contributed by atoms with Gasteiger partial charge in [0.2, 0.25) is 0 Å². The number of hydrogen-bond acceptors (Lipinski definition) is 6. The average Bonchev–Trinajstić information content (AvgIpc) is 3.19. The number of carbonyl (C=O) groups excluding carboxylic acids is 1. The number of amides is 1. The second-order valence-electron chi connectivity index (χ2n) is 5.87. The van der Waals surface area contributed by atoms with Crippen molar-refractivity contribution in [3.63, 3.8) is 0 Å². The highest BCUT2D eigenvalue weighted by atomic mass is 32.2. The lowest BCUT2D eigenvalue weighted by atomic mass is 10.4. The minimum Gasteiger partial charge on any atom is -0.335 e. The molecule has 2 aliphatic rings. The second-order valence-corrected chi connectivity index (χ2v) is 7.88. The topological polar surface area (TPSA) is 52.7 Å². The summed E-state index contributed by atoms with van der Waals surface area (Å²) in [5.41, 5.74) is 0. The molecule has 132 valence electrons. The Morgan fingerprint density at radius 1 is 1.35 bits per heavy atom. The number of pyridine rings is 1. The van der Waals surface area contributed by atoms with E-state index in [-0.39, 0.29) is 5.91 Å². The first kappa shape index (κ1) is 17.0. The van der Waals surface area contributed by atoms with Crippen LogP contribution >= 0.6 is 23.1 Å². The number of fused-ring (bicyclic) bond motifs is 1. The largest absolute Gasteiger partial charge is 0.335 e. The van der Waals surface area contributed by atoms with Crippen molar-refractivity contribution < 1.29 is 9.36 Å². The third kappa shape index (κ3) is 2.85. The standard InChI is InChI=1S/C18H18N5OS2/c1-4-23-17(24)14(16-20-15-12(25-16)8-7-11-22(15)3)26-18(23)19-13-9-5-6-10-21(13)2/h5-11H,4H2,1-3H3/q+1. The fourth-order valence-corrected chi connectivity index (χ4v) is 4.91. The van der Waals surface area contributed by atoms with Crippen LogP contribution in [0.1, 0.15) is 6.92 Å². The SMILES string of the molecule is CCN1C(=O)C(=c2nc3c(s2)=CC=CN3C)SC1=Nc1cccc[n+]1C. The number of thiazole rings is 1. The molecule has 4 heterocycles. The summed E-state index contributed by atoms with van der Waals surface area (Å²) in [4.78, 5) is 26.6. The molecular formula is C18H18N5OS2+. The quantitative estimate of drug-likeness (QED) is 0.728. The highest BCUT2D eigenvalue weighted by molar-refractivity contribution is 8.23. The number of carbonyl (C=O) groups is 1. The number of rotatable bonds is 2. The van der Waals surface area contributed by atoms with Gasteiger partial charge in [0.1, 0.15) is 9.57 Å². The number of anilines is 1. The molecule has 8 heteroatoms. The third-order valence-corrected chi connectivity index (χ3v) is 6.36. The van der Waals surface area contributed by atoms with E-state index in [1.807, 2.05) is 73.2 Å². The average molecular weight is 385 g/mol. The molecule has 2 aromatic heterocycles. The summed E-state index contributed by atoms with van der Waals surface area (Å²) >= 11 is 2.94. The smallest absolute Gasteiger partial charge is 0.326 e. The van der Waals surface area contributed by atoms with Crippen molar-refractivity contribution in [2.45, 2.75) is 6.92 Å². The summed E-state index contributed by atoms with van der Waals surface area (Å²) in [6.07, 6.45) is 7.91. The number of aryl methyl sites for hydroxylation is 1. The maximum Gasteiger partial charge on any atom is 0.326 e. The van der Waals surface area contributed by atoms with Gasteiger partial charge in [-0.25, -0.2) is 9.55 Å². The molecule has 26 heavy (non-hydrogen) atoms. The molecule has 0 aliphatic carbocycles. The normalized spacial score (nSPS) is 20.0. The summed E-state index contributed by atoms with van der Waals surface area (Å²) in [7, 11) is 3.90. The van der Waals surface area contributed by atoms with Gasteiger partial charge in [-0.1, -0.05) is 6.07 Å². The van der Waals surface area contributed by atoms with Crippen LogP contribution in [0.2, 0.25) is 0 Å². The van der Waals surface area contributed by atoms with Gasteiger partial charge in [-0.05, 0) is 41.9 Å². The number of allylic oxidation sites excluding steroid dienone is 1. The Hall–Kier alpha value is -2.45. The third-order valence-electron chi connectivity index (χ3n) is 4.14. The lowest BCUT2D eigenvalue weighted by molar-refractivity contribution is -0.658. The number of aliphatic imine (C=N–C) groups is 1. The Morgan fingerprint density at radius 3 is 2.92 bits per heavy atom. The number of hydrogen-bond donors (Lipinski definition) is 0. The molecule has 0 atom stereocenters. The number of aromatic nitrogens is 2. The molecule has 0 N–H and O–H groups in total. The minimum atomic E-state index is -0.0310. The summed E-state index contributed by atoms with van der Waals surface area (Å²) in [6.45, 7) is 2.53. The van der Waals surface area contributed by atoms with E-state index in [1.54, 1.807) is 4.90 Å². The van der Waals surface area contributed by atoms with E-state index in [0.717, 1.165) is 20.8 Å². The van der Waals surface area contributed by atoms with Crippen LogP contribution in [-0.2, 0) is 11.8 Å². The summed E-state index contributed by atoms with van der Waals surface area (Å²) < 4.78 is 3.74. The minimum absolute atomic E-state index is 0.0310. The van der Waals surface area contributed by atoms with Crippen molar-refractivity contribution in [3.05, 3.63) is 45.9 Å². The zero-order chi connectivity index (χ0) is 18.3. The van der Waals surface area contributed by atoms with Gasteiger partial charge in [0.25, 0.3) is 11.1 Å². The molecule has 2 aliphatic heterocycles. The van der Waals surface area contributed by atoms with E-state index in [0.29, 0.717) is 16.6 Å². The van der Waals surface area contributed by atoms with Gasteiger partial charge in [0.15, 0.2) is 5.82 Å². The maximum absolute atomic E-state index is 12.9. The zero-order valence-electron chi connectivity index (χ0n) is 14.7. The molecule has 6 nitrogen and oxygen atoms in total. The Balaban J connectivity index is 1.81. The van der Waals surface area contributed by atoms with Gasteiger partial charge in [0, 0.05) is 25.9 Å². The molecule has 2 aromatic rings. The van der Waals surface area contributed by atoms with Crippen LogP contribution in [0.3, 0.4) is 0 Å². The van der Waals surface area contributed by atoms with Crippen LogP contribution < -0.4 is 18.7 Å². The lowest BCUT2D eigenvalue weighted by Gasteiger charge is -2.11. The molecule has 1 amide bonds. The number of thioether (sulfide) groups is 1. The Bertz CT molecular complexity index is 1070. The second kappa shape index (κ2) is 6.69. The van der Waals surface area contributed by atoms with Gasteiger partial charge in [-0.2, -0.15) is 0 Å². The predicted molar refractivity (Wildman–Crippen MR) is 106 cm³/mol. The molecule has 0 bridgehead atoms. The Morgan fingerprint density at radius 2 is 2.19 bits per heavy atom. The van der Waals surface area contributed by atoms with Gasteiger partial charge in [0.05, 0.1) is 17.8 Å². The van der Waals surface area contributed by atoms with E-state index in [4.69, 9.17) is 4.99 Å². The van der Waals surface area contributed by atoms with Crippen LogP contribution in [0.25, 0.3) is 11.0 Å². The monoisotopic (exact) mass is 384 g/mol. The van der Waals surface area contributed by atoms with Crippen LogP contribution in [0.5, 0.6) is 0 Å². The fourth-order valence-electron chi connectivity index (χ4n) is 2.74. The molecule has 1 fully saturated rings. The van der Waals surface area contributed by atoms with Crippen LogP contribution in [-0.4, -0.2) is 34.6 Å². The van der Waals surface area contributed by atoms with Crippen LogP contribution in [0, 0.1) is 0 Å². The van der Waals surface area contributed by atoms with E-state index < -0.39 is 0 Å². The molecular weight excluding hydrogens is 366 g/mol. The van der Waals surface area contributed by atoms with E-state index >= 15 is 0 Å². The van der Waals surface area contributed by atoms with Crippen molar-refractivity contribution in [1.82, 2.24) is 9.88 Å². The summed E-state index contributed by atoms with van der Waals surface area (Å²) in [6, 6.07) is 5.82. The van der Waals surface area contributed by atoms with Gasteiger partial charge >= 0.3 is 5.82 Å². The first-order valence-corrected chi connectivity index (χ1v) is 9.87. The number of nitrogens with zero attached hydrogens (tertiary/aromatic N) is 5. The molecule has 0 unspecified atom stereocenters. The van der Waals surface area contributed by atoms with Crippen LogP contribution in [0.4, 0.5) is 11.6 Å². The Labute approximate surface area is 159 Å². The van der Waals surface area contributed by atoms with E-state index in [9.17, 15) is 4.79 Å². The highest BCUT2D eigenvalue weighted by Crippen LogP contribution is 2.32. The van der Waals surface area contributed by atoms with Crippen molar-refractivity contribution in [2.75, 3.05) is 18.5 Å². The van der Waals surface area contributed by atoms with Crippen molar-refractivity contribution in [1.29, 1.82) is 0 Å². The lowest BCUT2D eigenvalue weighted by Crippen LogP contribution is -2.31. The molecule has 1 saturated heterocycles. The first-order valence-electron chi connectivity index (χ1n) is 8.24. The van der Waals surface area contributed by atoms with E-state index in [2.05, 4.69) is 4.98 Å². The Kier molecular flexibility index (Phi) is 4.37. The number of amidine groups is 1. The van der Waals surface area contributed by atoms with Crippen LogP contribution in [0.15, 0.2) is 41.7 Å². The summed E-state index contributed by atoms with van der Waals surface area (Å²) in [5.74, 6) is 1.66. The van der Waals surface area contributed by atoms with Gasteiger partial charge in [-0.15, -0.1) is 11.3 Å². The molecule has 4 rings (SSSR count). The summed E-state index contributed by atoms with van der Waals surface area (Å²) in [5, 5.41) is 0.693. The zero-order valence-corrected chi connectivity index (χ0v) is 16.3. The van der Waals surface area contributed by atoms with Gasteiger partial charge in [-0.3, -0.25) is 9.69 Å². The van der Waals surface area contributed by atoms with Crippen molar-refractivity contribution >= 4 is 56.8 Å².